The van der Waals surface area contributed by atoms with Gasteiger partial charge in [0.25, 0.3) is 0 Å². The van der Waals surface area contributed by atoms with Crippen molar-refractivity contribution in [2.75, 3.05) is 14.2 Å². The van der Waals surface area contributed by atoms with Gasteiger partial charge in [0.1, 0.15) is 11.5 Å². The zero-order valence-electron chi connectivity index (χ0n) is 13.1. The maximum Gasteiger partial charge on any atom is 0.346 e. The third-order valence-corrected chi connectivity index (χ3v) is 3.52. The minimum absolute atomic E-state index is 0.264. The second-order valence-electron chi connectivity index (χ2n) is 4.89. The van der Waals surface area contributed by atoms with E-state index in [9.17, 15) is 9.59 Å². The molecule has 0 unspecified atom stereocenters. The monoisotopic (exact) mass is 302 g/mol. The Balaban J connectivity index is 2.55. The predicted molar refractivity (Wildman–Crippen MR) is 81.6 cm³/mol. The lowest BCUT2D eigenvalue weighted by Crippen LogP contribution is -1.98. The Kier molecular flexibility index (Phi) is 4.65. The molecular weight excluding hydrogens is 284 g/mol. The van der Waals surface area contributed by atoms with Gasteiger partial charge in [0.2, 0.25) is 0 Å². The Hall–Kier alpha value is -2.56. The summed E-state index contributed by atoms with van der Waals surface area (Å²) in [6.07, 6.45) is 2.28. The maximum atomic E-state index is 11.9. The molecule has 0 aliphatic carbocycles. The van der Waals surface area contributed by atoms with Gasteiger partial charge < -0.3 is 14.2 Å². The van der Waals surface area contributed by atoms with E-state index in [4.69, 9.17) is 14.2 Å². The minimum Gasteiger partial charge on any atom is -0.497 e. The van der Waals surface area contributed by atoms with Crippen LogP contribution in [0.25, 0.3) is 6.08 Å². The first kappa shape index (κ1) is 15.8. The largest absolute Gasteiger partial charge is 0.497 e. The van der Waals surface area contributed by atoms with Crippen LogP contribution in [0.1, 0.15) is 25.8 Å². The molecule has 1 aromatic rings. The second kappa shape index (κ2) is 6.47. The highest BCUT2D eigenvalue weighted by atomic mass is 16.6. The van der Waals surface area contributed by atoms with Crippen LogP contribution in [0.2, 0.25) is 0 Å². The third-order valence-electron chi connectivity index (χ3n) is 3.52. The first-order chi connectivity index (χ1) is 10.5. The van der Waals surface area contributed by atoms with Crippen LogP contribution in [0.5, 0.6) is 11.5 Å². The molecule has 22 heavy (non-hydrogen) atoms. The van der Waals surface area contributed by atoms with E-state index in [1.807, 2.05) is 13.8 Å². The number of rotatable bonds is 4. The summed E-state index contributed by atoms with van der Waals surface area (Å²) >= 11 is 0. The molecule has 1 aliphatic rings. The van der Waals surface area contributed by atoms with Gasteiger partial charge in [-0.1, -0.05) is 12.5 Å². The molecule has 116 valence electrons. The molecule has 0 saturated carbocycles. The number of hydrogen-bond donors (Lipinski definition) is 0. The average Bonchev–Trinajstić information content (AvgIpc) is 2.80. The number of carbonyl (C=O) groups is 2. The first-order valence-electron chi connectivity index (χ1n) is 6.91. The van der Waals surface area contributed by atoms with Gasteiger partial charge in [0.15, 0.2) is 0 Å². The van der Waals surface area contributed by atoms with Crippen molar-refractivity contribution < 1.29 is 23.8 Å². The fraction of sp³-hybridized carbons (Fsp3) is 0.294. The normalized spacial score (nSPS) is 18.5. The number of ether oxygens (including phenoxy) is 3. The molecule has 0 aromatic heterocycles. The molecule has 1 aromatic carbocycles. The summed E-state index contributed by atoms with van der Waals surface area (Å²) in [5.74, 6) is -0.0247. The van der Waals surface area contributed by atoms with Gasteiger partial charge >= 0.3 is 11.9 Å². The molecule has 5 nitrogen and oxygen atoms in total. The smallest absolute Gasteiger partial charge is 0.346 e. The summed E-state index contributed by atoms with van der Waals surface area (Å²) in [5, 5.41) is 0. The summed E-state index contributed by atoms with van der Waals surface area (Å²) in [6.45, 7) is 3.74. The highest BCUT2D eigenvalue weighted by Crippen LogP contribution is 2.30. The summed E-state index contributed by atoms with van der Waals surface area (Å²) < 4.78 is 15.1. The van der Waals surface area contributed by atoms with E-state index in [1.54, 1.807) is 38.5 Å². The van der Waals surface area contributed by atoms with Gasteiger partial charge in [-0.05, 0) is 37.1 Å². The van der Waals surface area contributed by atoms with Crippen molar-refractivity contribution in [3.63, 3.8) is 0 Å². The van der Waals surface area contributed by atoms with Crippen LogP contribution in [-0.4, -0.2) is 26.2 Å². The third kappa shape index (κ3) is 3.03. The Morgan fingerprint density at radius 2 is 1.68 bits per heavy atom. The average molecular weight is 302 g/mol. The van der Waals surface area contributed by atoms with Gasteiger partial charge in [0, 0.05) is 6.07 Å². The Morgan fingerprint density at radius 3 is 2.18 bits per heavy atom. The maximum absolute atomic E-state index is 11.9. The standard InChI is InChI=1S/C17H18O5/c1-5-10(2)15-14(16(18)22-17(15)19)8-11-6-12(20-3)9-13(7-11)21-4/h6-9H,5H2,1-4H3. The molecular formula is C17H18O5. The molecule has 0 atom stereocenters. The van der Waals surface area contributed by atoms with Crippen LogP contribution >= 0.6 is 0 Å². The number of esters is 2. The van der Waals surface area contributed by atoms with Crippen molar-refractivity contribution in [2.24, 2.45) is 0 Å². The van der Waals surface area contributed by atoms with E-state index < -0.39 is 11.9 Å². The van der Waals surface area contributed by atoms with Crippen molar-refractivity contribution in [2.45, 2.75) is 20.3 Å². The van der Waals surface area contributed by atoms with E-state index in [0.29, 0.717) is 29.1 Å². The highest BCUT2D eigenvalue weighted by molar-refractivity contribution is 6.20. The number of cyclic esters (lactones) is 2. The van der Waals surface area contributed by atoms with Crippen LogP contribution < -0.4 is 9.47 Å². The van der Waals surface area contributed by atoms with Crippen molar-refractivity contribution >= 4 is 18.0 Å². The Morgan fingerprint density at radius 1 is 1.09 bits per heavy atom. The van der Waals surface area contributed by atoms with Gasteiger partial charge in [-0.25, -0.2) is 9.59 Å². The highest BCUT2D eigenvalue weighted by Gasteiger charge is 2.34. The Bertz CT molecular complexity index is 660. The fourth-order valence-corrected chi connectivity index (χ4v) is 2.19. The van der Waals surface area contributed by atoms with Gasteiger partial charge in [0.05, 0.1) is 25.4 Å². The van der Waals surface area contributed by atoms with Crippen molar-refractivity contribution in [1.29, 1.82) is 0 Å². The SMILES string of the molecule is CCC(C)=C1C(=O)OC(=O)C1=Cc1cc(OC)cc(OC)c1. The molecule has 2 rings (SSSR count). The van der Waals surface area contributed by atoms with Gasteiger partial charge in [-0.2, -0.15) is 0 Å². The van der Waals surface area contributed by atoms with Crippen molar-refractivity contribution in [1.82, 2.24) is 0 Å². The van der Waals surface area contributed by atoms with E-state index in [-0.39, 0.29) is 5.57 Å². The number of hydrogen-bond acceptors (Lipinski definition) is 5. The molecule has 1 heterocycles. The number of benzene rings is 1. The molecule has 0 radical (unpaired) electrons. The van der Waals surface area contributed by atoms with Gasteiger partial charge in [-0.3, -0.25) is 0 Å². The zero-order chi connectivity index (χ0) is 16.3. The molecule has 1 fully saturated rings. The number of methoxy groups -OCH3 is 2. The van der Waals surface area contributed by atoms with Crippen LogP contribution in [0.3, 0.4) is 0 Å². The molecule has 0 spiro atoms. The van der Waals surface area contributed by atoms with E-state index in [2.05, 4.69) is 0 Å². The molecule has 0 amide bonds. The minimum atomic E-state index is -0.630. The second-order valence-corrected chi connectivity index (χ2v) is 4.89. The number of carbonyl (C=O) groups excluding carboxylic acids is 2. The van der Waals surface area contributed by atoms with Crippen LogP contribution in [0.15, 0.2) is 34.9 Å². The molecule has 0 bridgehead atoms. The lowest BCUT2D eigenvalue weighted by Gasteiger charge is -2.06. The van der Waals surface area contributed by atoms with E-state index in [1.165, 1.54) is 0 Å². The summed E-state index contributed by atoms with van der Waals surface area (Å²) in [5.41, 5.74) is 2.12. The first-order valence-corrected chi connectivity index (χ1v) is 6.91. The molecule has 5 heteroatoms. The molecule has 0 N–H and O–H groups in total. The van der Waals surface area contributed by atoms with Crippen LogP contribution in [-0.2, 0) is 14.3 Å². The lowest BCUT2D eigenvalue weighted by molar-refractivity contribution is -0.149. The van der Waals surface area contributed by atoms with Crippen LogP contribution in [0, 0.1) is 0 Å². The van der Waals surface area contributed by atoms with Gasteiger partial charge in [-0.15, -0.1) is 0 Å². The summed E-state index contributed by atoms with van der Waals surface area (Å²) in [6, 6.07) is 5.24. The van der Waals surface area contributed by atoms with Crippen molar-refractivity contribution in [3.05, 3.63) is 40.5 Å². The topological polar surface area (TPSA) is 61.8 Å². The zero-order valence-corrected chi connectivity index (χ0v) is 13.1. The molecule has 1 aliphatic heterocycles. The number of allylic oxidation sites excluding steroid dienone is 1. The predicted octanol–water partition coefficient (Wildman–Crippen LogP) is 2.90. The van der Waals surface area contributed by atoms with E-state index >= 15 is 0 Å². The lowest BCUT2D eigenvalue weighted by atomic mass is 9.99. The Labute approximate surface area is 129 Å². The fourth-order valence-electron chi connectivity index (χ4n) is 2.19. The van der Waals surface area contributed by atoms with Crippen LogP contribution in [0.4, 0.5) is 0 Å². The molecule has 1 saturated heterocycles. The summed E-state index contributed by atoms with van der Waals surface area (Å²) in [4.78, 5) is 23.8. The van der Waals surface area contributed by atoms with E-state index in [0.717, 1.165) is 5.57 Å². The quantitative estimate of drug-likeness (QED) is 0.486. The summed E-state index contributed by atoms with van der Waals surface area (Å²) in [7, 11) is 3.09. The van der Waals surface area contributed by atoms with Crippen molar-refractivity contribution in [3.8, 4) is 11.5 Å².